The van der Waals surface area contributed by atoms with Gasteiger partial charge in [-0.1, -0.05) is 0 Å². The average Bonchev–Trinajstić information content (AvgIpc) is 2.35. The normalized spacial score (nSPS) is 10.3. The summed E-state index contributed by atoms with van der Waals surface area (Å²) < 4.78 is 10.6. The molecular weight excluding hydrogens is 232 g/mol. The van der Waals surface area contributed by atoms with Crippen LogP contribution in [0.4, 0.5) is 5.69 Å². The molecule has 0 saturated carbocycles. The van der Waals surface area contributed by atoms with Crippen molar-refractivity contribution in [2.24, 2.45) is 0 Å². The van der Waals surface area contributed by atoms with Gasteiger partial charge in [0.05, 0.1) is 7.11 Å². The molecule has 0 atom stereocenters. The van der Waals surface area contributed by atoms with Crippen LogP contribution in [0.1, 0.15) is 13.8 Å². The summed E-state index contributed by atoms with van der Waals surface area (Å²) in [5.74, 6) is 0.946. The van der Waals surface area contributed by atoms with E-state index in [1.165, 1.54) is 0 Å². The van der Waals surface area contributed by atoms with Gasteiger partial charge in [0.2, 0.25) is 0 Å². The fourth-order valence-electron chi connectivity index (χ4n) is 1.34. The third-order valence-corrected chi connectivity index (χ3v) is 2.71. The van der Waals surface area contributed by atoms with Gasteiger partial charge in [-0.25, -0.2) is 0 Å². The predicted molar refractivity (Wildman–Crippen MR) is 70.8 cm³/mol. The first kappa shape index (κ1) is 14.2. The number of carbonyl (C=O) groups is 1. The van der Waals surface area contributed by atoms with E-state index in [0.717, 1.165) is 0 Å². The molecular formula is C13H20N2O3. The number of nitrogens with two attached hydrogens (primary N) is 1. The Hall–Kier alpha value is -1.91. The molecule has 0 aromatic heterocycles. The maximum Gasteiger partial charge on any atom is 0.260 e. The van der Waals surface area contributed by atoms with Crippen LogP contribution in [0.5, 0.6) is 11.5 Å². The summed E-state index contributed by atoms with van der Waals surface area (Å²) in [5, 5.41) is 0. The zero-order valence-electron chi connectivity index (χ0n) is 11.3. The zero-order chi connectivity index (χ0) is 13.7. The van der Waals surface area contributed by atoms with Gasteiger partial charge in [-0.3, -0.25) is 4.79 Å². The van der Waals surface area contributed by atoms with E-state index in [9.17, 15) is 4.79 Å². The Bertz CT molecular complexity index is 419. The number of anilines is 1. The third kappa shape index (κ3) is 3.55. The molecule has 1 aromatic rings. The number of benzene rings is 1. The van der Waals surface area contributed by atoms with Crippen LogP contribution in [0.25, 0.3) is 0 Å². The Balaban J connectivity index is 2.68. The molecule has 1 amide bonds. The Morgan fingerprint density at radius 1 is 1.39 bits per heavy atom. The van der Waals surface area contributed by atoms with Crippen molar-refractivity contribution in [2.45, 2.75) is 19.9 Å². The second-order valence-corrected chi connectivity index (χ2v) is 4.30. The summed E-state index contributed by atoms with van der Waals surface area (Å²) in [5.41, 5.74) is 6.23. The van der Waals surface area contributed by atoms with Crippen molar-refractivity contribution < 1.29 is 14.3 Å². The molecule has 1 rings (SSSR count). The lowest BCUT2D eigenvalue weighted by Gasteiger charge is -2.21. The fourth-order valence-corrected chi connectivity index (χ4v) is 1.34. The van der Waals surface area contributed by atoms with Crippen LogP contribution in [0, 0.1) is 0 Å². The van der Waals surface area contributed by atoms with Crippen LogP contribution < -0.4 is 15.2 Å². The van der Waals surface area contributed by atoms with Crippen LogP contribution in [0.2, 0.25) is 0 Å². The molecule has 5 heteroatoms. The second-order valence-electron chi connectivity index (χ2n) is 4.30. The number of methoxy groups -OCH3 is 1. The first-order chi connectivity index (χ1) is 8.45. The maximum absolute atomic E-state index is 11.8. The molecule has 5 nitrogen and oxygen atoms in total. The minimum absolute atomic E-state index is 0.0332. The largest absolute Gasteiger partial charge is 0.493 e. The van der Waals surface area contributed by atoms with Crippen LogP contribution in [0.3, 0.4) is 0 Å². The number of nitrogen functional groups attached to an aromatic ring is 1. The highest BCUT2D eigenvalue weighted by atomic mass is 16.5. The number of carbonyl (C=O) groups excluding carboxylic acids is 1. The minimum Gasteiger partial charge on any atom is -0.493 e. The SMILES string of the molecule is COc1ccc(N)cc1OCC(=O)N(C)C(C)C. The van der Waals surface area contributed by atoms with E-state index in [1.54, 1.807) is 37.3 Å². The van der Waals surface area contributed by atoms with Crippen molar-refractivity contribution in [1.29, 1.82) is 0 Å². The summed E-state index contributed by atoms with van der Waals surface area (Å²) in [4.78, 5) is 13.4. The van der Waals surface area contributed by atoms with E-state index < -0.39 is 0 Å². The molecule has 0 aliphatic rings. The van der Waals surface area contributed by atoms with Crippen molar-refractivity contribution in [2.75, 3.05) is 26.5 Å². The van der Waals surface area contributed by atoms with E-state index in [0.29, 0.717) is 17.2 Å². The van der Waals surface area contributed by atoms with Gasteiger partial charge < -0.3 is 20.1 Å². The summed E-state index contributed by atoms with van der Waals surface area (Å²) >= 11 is 0. The highest BCUT2D eigenvalue weighted by Gasteiger charge is 2.13. The first-order valence-corrected chi connectivity index (χ1v) is 5.77. The van der Waals surface area contributed by atoms with E-state index in [2.05, 4.69) is 0 Å². The number of rotatable bonds is 5. The van der Waals surface area contributed by atoms with Gasteiger partial charge in [0.15, 0.2) is 18.1 Å². The van der Waals surface area contributed by atoms with Crippen molar-refractivity contribution in [3.63, 3.8) is 0 Å². The lowest BCUT2D eigenvalue weighted by atomic mass is 10.3. The molecule has 0 unspecified atom stereocenters. The van der Waals surface area contributed by atoms with E-state index in [-0.39, 0.29) is 18.6 Å². The van der Waals surface area contributed by atoms with Crippen molar-refractivity contribution >= 4 is 11.6 Å². The van der Waals surface area contributed by atoms with Crippen molar-refractivity contribution in [1.82, 2.24) is 4.90 Å². The van der Waals surface area contributed by atoms with E-state index in [1.807, 2.05) is 13.8 Å². The molecule has 0 heterocycles. The quantitative estimate of drug-likeness (QED) is 0.807. The molecule has 0 radical (unpaired) electrons. The number of nitrogens with zero attached hydrogens (tertiary/aromatic N) is 1. The minimum atomic E-state index is -0.0884. The Morgan fingerprint density at radius 2 is 2.06 bits per heavy atom. The Morgan fingerprint density at radius 3 is 2.61 bits per heavy atom. The fraction of sp³-hybridized carbons (Fsp3) is 0.462. The molecule has 1 aromatic carbocycles. The van der Waals surface area contributed by atoms with Crippen LogP contribution >= 0.6 is 0 Å². The van der Waals surface area contributed by atoms with Gasteiger partial charge in [0.25, 0.3) is 5.91 Å². The number of hydrogen-bond acceptors (Lipinski definition) is 4. The number of ether oxygens (including phenoxy) is 2. The molecule has 2 N–H and O–H groups in total. The summed E-state index contributed by atoms with van der Waals surface area (Å²) in [6, 6.07) is 5.21. The van der Waals surface area contributed by atoms with Gasteiger partial charge in [0, 0.05) is 24.8 Å². The molecule has 0 spiro atoms. The molecule has 100 valence electrons. The van der Waals surface area contributed by atoms with Gasteiger partial charge in [-0.05, 0) is 26.0 Å². The first-order valence-electron chi connectivity index (χ1n) is 5.77. The summed E-state index contributed by atoms with van der Waals surface area (Å²) in [6.45, 7) is 3.85. The monoisotopic (exact) mass is 252 g/mol. The molecule has 0 fully saturated rings. The van der Waals surface area contributed by atoms with E-state index >= 15 is 0 Å². The second kappa shape index (κ2) is 6.14. The Labute approximate surface area is 107 Å². The van der Waals surface area contributed by atoms with Gasteiger partial charge in [-0.15, -0.1) is 0 Å². The topological polar surface area (TPSA) is 64.8 Å². The van der Waals surface area contributed by atoms with Crippen molar-refractivity contribution in [3.8, 4) is 11.5 Å². The molecule has 0 aliphatic carbocycles. The molecule has 0 saturated heterocycles. The van der Waals surface area contributed by atoms with Gasteiger partial charge in [0.1, 0.15) is 0 Å². The summed E-state index contributed by atoms with van der Waals surface area (Å²) in [6.07, 6.45) is 0. The standard InChI is InChI=1S/C13H20N2O3/c1-9(2)15(3)13(16)8-18-12-7-10(14)5-6-11(12)17-4/h5-7,9H,8,14H2,1-4H3. The third-order valence-electron chi connectivity index (χ3n) is 2.71. The highest BCUT2D eigenvalue weighted by Crippen LogP contribution is 2.28. The number of hydrogen-bond donors (Lipinski definition) is 1. The average molecular weight is 252 g/mol. The smallest absolute Gasteiger partial charge is 0.260 e. The van der Waals surface area contributed by atoms with Gasteiger partial charge in [-0.2, -0.15) is 0 Å². The Kier molecular flexibility index (Phi) is 4.83. The molecule has 0 aliphatic heterocycles. The number of amides is 1. The zero-order valence-corrected chi connectivity index (χ0v) is 11.3. The lowest BCUT2D eigenvalue weighted by Crippen LogP contribution is -2.36. The van der Waals surface area contributed by atoms with Gasteiger partial charge >= 0.3 is 0 Å². The van der Waals surface area contributed by atoms with Crippen LogP contribution in [-0.4, -0.2) is 37.6 Å². The summed E-state index contributed by atoms with van der Waals surface area (Å²) in [7, 11) is 3.29. The van der Waals surface area contributed by atoms with Crippen LogP contribution in [-0.2, 0) is 4.79 Å². The molecule has 0 bridgehead atoms. The van der Waals surface area contributed by atoms with Crippen LogP contribution in [0.15, 0.2) is 18.2 Å². The number of likely N-dealkylation sites (N-methyl/N-ethyl adjacent to an activating group) is 1. The van der Waals surface area contributed by atoms with Crippen molar-refractivity contribution in [3.05, 3.63) is 18.2 Å². The molecule has 18 heavy (non-hydrogen) atoms. The highest BCUT2D eigenvalue weighted by molar-refractivity contribution is 5.77. The predicted octanol–water partition coefficient (Wildman–Crippen LogP) is 1.52. The maximum atomic E-state index is 11.8. The van der Waals surface area contributed by atoms with E-state index in [4.69, 9.17) is 15.2 Å². The lowest BCUT2D eigenvalue weighted by molar-refractivity contribution is -0.133.